The zero-order chi connectivity index (χ0) is 9.64. The zero-order valence-corrected chi connectivity index (χ0v) is 8.67. The smallest absolute Gasteiger partial charge is 0.312 e. The minimum absolute atomic E-state index is 0.0107. The van der Waals surface area contributed by atoms with E-state index in [1.165, 1.54) is 6.42 Å². The van der Waals surface area contributed by atoms with Gasteiger partial charge in [0.15, 0.2) is 0 Å². The van der Waals surface area contributed by atoms with Crippen LogP contribution in [0, 0.1) is 17.3 Å². The highest BCUT2D eigenvalue weighted by molar-refractivity contribution is 5.78. The molecule has 2 fully saturated rings. The third-order valence-electron chi connectivity index (χ3n) is 3.77. The van der Waals surface area contributed by atoms with Gasteiger partial charge in [0.1, 0.15) is 6.10 Å². The van der Waals surface area contributed by atoms with Crippen LogP contribution in [0.1, 0.15) is 40.0 Å². The van der Waals surface area contributed by atoms with Gasteiger partial charge in [0, 0.05) is 5.92 Å². The molecule has 74 valence electrons. The summed E-state index contributed by atoms with van der Waals surface area (Å²) in [6.07, 6.45) is 3.69. The minimum atomic E-state index is -0.231. The molecule has 1 aliphatic heterocycles. The van der Waals surface area contributed by atoms with Gasteiger partial charge in [0.25, 0.3) is 0 Å². The first kappa shape index (κ1) is 9.04. The fraction of sp³-hybridized carbons (Fsp3) is 0.909. The zero-order valence-electron chi connectivity index (χ0n) is 8.67. The summed E-state index contributed by atoms with van der Waals surface area (Å²) in [5.41, 5.74) is -0.231. The molecule has 2 nitrogen and oxygen atoms in total. The normalized spacial score (nSPS) is 42.7. The molecule has 13 heavy (non-hydrogen) atoms. The molecule has 0 spiro atoms. The Balaban J connectivity index is 2.18. The summed E-state index contributed by atoms with van der Waals surface area (Å²) < 4.78 is 5.41. The fourth-order valence-electron chi connectivity index (χ4n) is 2.73. The molecule has 2 heteroatoms. The lowest BCUT2D eigenvalue weighted by atomic mass is 9.70. The quantitative estimate of drug-likeness (QED) is 0.538. The number of hydrogen-bond donors (Lipinski definition) is 0. The average Bonchev–Trinajstić information content (AvgIpc) is 2.23. The van der Waals surface area contributed by atoms with Crippen molar-refractivity contribution in [1.82, 2.24) is 0 Å². The van der Waals surface area contributed by atoms with Gasteiger partial charge in [-0.05, 0) is 32.6 Å². The van der Waals surface area contributed by atoms with E-state index in [1.54, 1.807) is 0 Å². The highest BCUT2D eigenvalue weighted by atomic mass is 16.6. The molecule has 2 unspecified atom stereocenters. The predicted octanol–water partition coefficient (Wildman–Crippen LogP) is 2.37. The summed E-state index contributed by atoms with van der Waals surface area (Å²) in [6, 6.07) is 0. The van der Waals surface area contributed by atoms with E-state index in [0.717, 1.165) is 18.8 Å². The van der Waals surface area contributed by atoms with Crippen molar-refractivity contribution in [1.29, 1.82) is 0 Å². The highest BCUT2D eigenvalue weighted by Gasteiger charge is 2.52. The van der Waals surface area contributed by atoms with E-state index in [2.05, 4.69) is 6.92 Å². The van der Waals surface area contributed by atoms with E-state index in [-0.39, 0.29) is 17.5 Å². The topological polar surface area (TPSA) is 26.3 Å². The lowest BCUT2D eigenvalue weighted by Gasteiger charge is -2.32. The first-order valence-electron chi connectivity index (χ1n) is 5.23. The van der Waals surface area contributed by atoms with Crippen molar-refractivity contribution >= 4 is 5.97 Å². The molecule has 0 N–H and O–H groups in total. The molecule has 0 aromatic carbocycles. The van der Waals surface area contributed by atoms with Crippen LogP contribution >= 0.6 is 0 Å². The molecule has 1 heterocycles. The van der Waals surface area contributed by atoms with E-state index in [9.17, 15) is 4.79 Å². The van der Waals surface area contributed by atoms with Gasteiger partial charge >= 0.3 is 5.97 Å². The maximum atomic E-state index is 11.5. The van der Waals surface area contributed by atoms with Gasteiger partial charge in [0.05, 0.1) is 5.41 Å². The number of fused-ring (bicyclic) bond motifs is 1. The van der Waals surface area contributed by atoms with Crippen molar-refractivity contribution in [2.45, 2.75) is 46.1 Å². The fourth-order valence-corrected chi connectivity index (χ4v) is 2.73. The largest absolute Gasteiger partial charge is 0.462 e. The van der Waals surface area contributed by atoms with Gasteiger partial charge in [-0.15, -0.1) is 0 Å². The van der Waals surface area contributed by atoms with Gasteiger partial charge in [0.2, 0.25) is 0 Å². The Morgan fingerprint density at radius 2 is 2.08 bits per heavy atom. The summed E-state index contributed by atoms with van der Waals surface area (Å²) in [5, 5.41) is 0. The minimum Gasteiger partial charge on any atom is -0.462 e. The maximum absolute atomic E-state index is 11.5. The van der Waals surface area contributed by atoms with Crippen LogP contribution in [0.5, 0.6) is 0 Å². The molecule has 1 saturated carbocycles. The van der Waals surface area contributed by atoms with Crippen molar-refractivity contribution in [3.05, 3.63) is 0 Å². The summed E-state index contributed by atoms with van der Waals surface area (Å²) in [7, 11) is 0. The Hall–Kier alpha value is -0.530. The standard InChI is InChI=1S/C11H18O2/c1-7-4-5-8-9(6-7)13-10(12)11(8,2)3/h7-9H,4-6H2,1-3H3/t7-,8?,9?/m1/s1. The Morgan fingerprint density at radius 3 is 2.77 bits per heavy atom. The number of rotatable bonds is 0. The van der Waals surface area contributed by atoms with Crippen molar-refractivity contribution in [2.75, 3.05) is 0 Å². The lowest BCUT2D eigenvalue weighted by molar-refractivity contribution is -0.147. The number of esters is 1. The van der Waals surface area contributed by atoms with Crippen molar-refractivity contribution < 1.29 is 9.53 Å². The van der Waals surface area contributed by atoms with Crippen molar-refractivity contribution in [3.63, 3.8) is 0 Å². The van der Waals surface area contributed by atoms with E-state index in [1.807, 2.05) is 13.8 Å². The molecule has 0 radical (unpaired) electrons. The molecule has 2 aliphatic rings. The van der Waals surface area contributed by atoms with Gasteiger partial charge < -0.3 is 4.74 Å². The molecule has 0 amide bonds. The molecule has 0 aromatic heterocycles. The van der Waals surface area contributed by atoms with Gasteiger partial charge in [-0.3, -0.25) is 4.79 Å². The van der Waals surface area contributed by atoms with Crippen LogP contribution in [-0.4, -0.2) is 12.1 Å². The van der Waals surface area contributed by atoms with Crippen LogP contribution in [0.2, 0.25) is 0 Å². The van der Waals surface area contributed by atoms with Gasteiger partial charge in [-0.25, -0.2) is 0 Å². The Labute approximate surface area is 79.7 Å². The average molecular weight is 182 g/mol. The molecule has 2 rings (SSSR count). The molecule has 3 atom stereocenters. The highest BCUT2D eigenvalue weighted by Crippen LogP contribution is 2.47. The molecule has 0 aromatic rings. The predicted molar refractivity (Wildman–Crippen MR) is 50.2 cm³/mol. The Morgan fingerprint density at radius 1 is 1.38 bits per heavy atom. The second-order valence-electron chi connectivity index (χ2n) is 5.19. The van der Waals surface area contributed by atoms with Gasteiger partial charge in [-0.2, -0.15) is 0 Å². The summed E-state index contributed by atoms with van der Waals surface area (Å²) in [5.74, 6) is 1.20. The van der Waals surface area contributed by atoms with E-state index >= 15 is 0 Å². The van der Waals surface area contributed by atoms with Crippen LogP contribution in [-0.2, 0) is 9.53 Å². The third-order valence-corrected chi connectivity index (χ3v) is 3.77. The van der Waals surface area contributed by atoms with Crippen molar-refractivity contribution in [2.24, 2.45) is 17.3 Å². The van der Waals surface area contributed by atoms with Crippen LogP contribution in [0.4, 0.5) is 0 Å². The first-order chi connectivity index (χ1) is 6.01. The van der Waals surface area contributed by atoms with Gasteiger partial charge in [-0.1, -0.05) is 13.3 Å². The number of ether oxygens (including phenoxy) is 1. The van der Waals surface area contributed by atoms with Crippen LogP contribution < -0.4 is 0 Å². The third kappa shape index (κ3) is 1.27. The number of hydrogen-bond acceptors (Lipinski definition) is 2. The van der Waals surface area contributed by atoms with Crippen LogP contribution in [0.25, 0.3) is 0 Å². The van der Waals surface area contributed by atoms with E-state index < -0.39 is 0 Å². The monoisotopic (exact) mass is 182 g/mol. The molecule has 1 saturated heterocycles. The molecular weight excluding hydrogens is 164 g/mol. The Bertz CT molecular complexity index is 232. The van der Waals surface area contributed by atoms with Crippen LogP contribution in [0.15, 0.2) is 0 Å². The van der Waals surface area contributed by atoms with Crippen LogP contribution in [0.3, 0.4) is 0 Å². The number of carbonyl (C=O) groups is 1. The summed E-state index contributed by atoms with van der Waals surface area (Å²) in [6.45, 7) is 6.29. The maximum Gasteiger partial charge on any atom is 0.312 e. The second kappa shape index (κ2) is 2.73. The number of carbonyl (C=O) groups excluding carboxylic acids is 1. The second-order valence-corrected chi connectivity index (χ2v) is 5.19. The lowest BCUT2D eigenvalue weighted by Crippen LogP contribution is -2.32. The van der Waals surface area contributed by atoms with E-state index in [0.29, 0.717) is 5.92 Å². The summed E-state index contributed by atoms with van der Waals surface area (Å²) >= 11 is 0. The van der Waals surface area contributed by atoms with Crippen molar-refractivity contribution in [3.8, 4) is 0 Å². The summed E-state index contributed by atoms with van der Waals surface area (Å²) in [4.78, 5) is 11.5. The molecular formula is C11H18O2. The molecule has 1 aliphatic carbocycles. The first-order valence-corrected chi connectivity index (χ1v) is 5.23. The molecule has 0 bridgehead atoms. The van der Waals surface area contributed by atoms with E-state index in [4.69, 9.17) is 4.74 Å². The Kier molecular flexibility index (Phi) is 1.90. The SMILES string of the molecule is C[C@@H]1CCC2C(C1)OC(=O)C2(C)C.